The van der Waals surface area contributed by atoms with Gasteiger partial charge in [-0.3, -0.25) is 0 Å². The third-order valence-electron chi connectivity index (χ3n) is 6.06. The Morgan fingerprint density at radius 1 is 0.839 bits per heavy atom. The van der Waals surface area contributed by atoms with Gasteiger partial charge < -0.3 is 4.74 Å². The lowest BCUT2D eigenvalue weighted by molar-refractivity contribution is -0.0498. The summed E-state index contributed by atoms with van der Waals surface area (Å²) in [6.07, 6.45) is 7.57. The summed E-state index contributed by atoms with van der Waals surface area (Å²) >= 11 is 0. The van der Waals surface area contributed by atoms with Gasteiger partial charge in [0.1, 0.15) is 11.6 Å². The van der Waals surface area contributed by atoms with E-state index in [0.29, 0.717) is 17.5 Å². The number of benzene rings is 3. The first-order chi connectivity index (χ1) is 15.1. The van der Waals surface area contributed by atoms with Crippen LogP contribution in [0.1, 0.15) is 49.3 Å². The van der Waals surface area contributed by atoms with E-state index >= 15 is 4.39 Å². The summed E-state index contributed by atoms with van der Waals surface area (Å²) in [4.78, 5) is 0. The van der Waals surface area contributed by atoms with Crippen molar-refractivity contribution in [3.8, 4) is 28.0 Å². The molecule has 0 bridgehead atoms. The molecule has 162 valence electrons. The molecule has 0 N–H and O–H groups in total. The van der Waals surface area contributed by atoms with Crippen LogP contribution < -0.4 is 4.74 Å². The van der Waals surface area contributed by atoms with E-state index < -0.39 is 6.61 Å². The van der Waals surface area contributed by atoms with Crippen LogP contribution in [0.15, 0.2) is 54.6 Å². The number of aryl methyl sites for hydroxylation is 2. The number of halogens is 3. The quantitative estimate of drug-likeness (QED) is 0.333. The highest BCUT2D eigenvalue weighted by atomic mass is 19.3. The van der Waals surface area contributed by atoms with E-state index in [4.69, 9.17) is 0 Å². The van der Waals surface area contributed by atoms with Crippen molar-refractivity contribution in [1.82, 2.24) is 0 Å². The van der Waals surface area contributed by atoms with Crippen molar-refractivity contribution in [3.63, 3.8) is 0 Å². The molecule has 1 aliphatic rings. The number of alkyl halides is 2. The molecule has 0 amide bonds. The van der Waals surface area contributed by atoms with Crippen molar-refractivity contribution in [1.29, 1.82) is 0 Å². The molecule has 31 heavy (non-hydrogen) atoms. The molecule has 0 saturated heterocycles. The largest absolute Gasteiger partial charge is 0.435 e. The third-order valence-corrected chi connectivity index (χ3v) is 6.06. The summed E-state index contributed by atoms with van der Waals surface area (Å²) in [6, 6.07) is 16.5. The zero-order chi connectivity index (χ0) is 21.8. The molecule has 0 saturated carbocycles. The van der Waals surface area contributed by atoms with E-state index in [2.05, 4.69) is 29.9 Å². The molecular formula is C27H27F3O. The van der Waals surface area contributed by atoms with Crippen LogP contribution in [0.3, 0.4) is 0 Å². The molecule has 3 aromatic carbocycles. The first kappa shape index (κ1) is 21.5. The fourth-order valence-electron chi connectivity index (χ4n) is 4.44. The molecule has 4 rings (SSSR count). The first-order valence-corrected chi connectivity index (χ1v) is 11.1. The van der Waals surface area contributed by atoms with Gasteiger partial charge in [-0.2, -0.15) is 8.78 Å². The normalized spacial score (nSPS) is 12.5. The van der Waals surface area contributed by atoms with E-state index in [9.17, 15) is 8.78 Å². The maximum atomic E-state index is 15.4. The highest BCUT2D eigenvalue weighted by Gasteiger charge is 2.22. The van der Waals surface area contributed by atoms with Gasteiger partial charge in [-0.05, 0) is 71.2 Å². The van der Waals surface area contributed by atoms with Crippen molar-refractivity contribution >= 4 is 0 Å². The molecule has 0 radical (unpaired) electrons. The molecule has 1 nitrogen and oxygen atoms in total. The summed E-state index contributed by atoms with van der Waals surface area (Å²) in [7, 11) is 0. The first-order valence-electron chi connectivity index (χ1n) is 11.1. The second kappa shape index (κ2) is 9.59. The Bertz CT molecular complexity index is 1040. The Morgan fingerprint density at radius 3 is 2.32 bits per heavy atom. The van der Waals surface area contributed by atoms with Crippen molar-refractivity contribution in [3.05, 3.63) is 77.1 Å². The van der Waals surface area contributed by atoms with Gasteiger partial charge in [0.15, 0.2) is 0 Å². The topological polar surface area (TPSA) is 9.23 Å². The Labute approximate surface area is 181 Å². The zero-order valence-corrected chi connectivity index (χ0v) is 17.8. The molecule has 0 fully saturated rings. The smallest absolute Gasteiger partial charge is 0.387 e. The van der Waals surface area contributed by atoms with Crippen molar-refractivity contribution in [2.24, 2.45) is 0 Å². The predicted octanol–water partition coefficient (Wildman–Crippen LogP) is 7.98. The summed E-state index contributed by atoms with van der Waals surface area (Å²) < 4.78 is 44.5. The number of ether oxygens (including phenoxy) is 1. The summed E-state index contributed by atoms with van der Waals surface area (Å²) in [5, 5.41) is 0. The monoisotopic (exact) mass is 424 g/mol. The third kappa shape index (κ3) is 4.79. The Hall–Kier alpha value is -2.75. The van der Waals surface area contributed by atoms with Gasteiger partial charge in [-0.1, -0.05) is 68.7 Å². The minimum absolute atomic E-state index is 0.0662. The lowest BCUT2D eigenvalue weighted by Gasteiger charge is -2.22. The van der Waals surface area contributed by atoms with Gasteiger partial charge in [-0.15, -0.1) is 0 Å². The maximum absolute atomic E-state index is 15.4. The van der Waals surface area contributed by atoms with Crippen LogP contribution in [0.4, 0.5) is 13.2 Å². The molecule has 0 aliphatic heterocycles. The number of hydrogen-bond donors (Lipinski definition) is 0. The average molecular weight is 425 g/mol. The van der Waals surface area contributed by atoms with Crippen LogP contribution in [0.5, 0.6) is 5.75 Å². The van der Waals surface area contributed by atoms with Crippen molar-refractivity contribution in [2.75, 3.05) is 0 Å². The van der Waals surface area contributed by atoms with E-state index in [0.717, 1.165) is 29.5 Å². The summed E-state index contributed by atoms with van der Waals surface area (Å²) in [6.45, 7) is -0.652. The van der Waals surface area contributed by atoms with Crippen LogP contribution >= 0.6 is 0 Å². The van der Waals surface area contributed by atoms with Crippen LogP contribution in [-0.2, 0) is 19.3 Å². The summed E-state index contributed by atoms with van der Waals surface area (Å²) in [5.41, 5.74) is 6.59. The van der Waals surface area contributed by atoms with E-state index in [1.807, 2.05) is 6.07 Å². The molecule has 0 atom stereocenters. The SMILES string of the molecule is CCCCCCc1ccc2c(c1)CCc1c-2ccc(-c2ccc(OC(F)F)cc2)c1F. The second-order valence-corrected chi connectivity index (χ2v) is 8.16. The predicted molar refractivity (Wildman–Crippen MR) is 119 cm³/mol. The molecule has 0 spiro atoms. The van der Waals surface area contributed by atoms with Gasteiger partial charge in [0.25, 0.3) is 0 Å². The minimum Gasteiger partial charge on any atom is -0.435 e. The van der Waals surface area contributed by atoms with Crippen LogP contribution in [-0.4, -0.2) is 6.61 Å². The fourth-order valence-corrected chi connectivity index (χ4v) is 4.44. The highest BCUT2D eigenvalue weighted by molar-refractivity contribution is 5.78. The van der Waals surface area contributed by atoms with E-state index in [1.165, 1.54) is 48.9 Å². The zero-order valence-electron chi connectivity index (χ0n) is 17.8. The second-order valence-electron chi connectivity index (χ2n) is 8.16. The molecule has 4 heteroatoms. The van der Waals surface area contributed by atoms with Gasteiger partial charge in [0.05, 0.1) is 0 Å². The van der Waals surface area contributed by atoms with E-state index in [1.54, 1.807) is 18.2 Å². The lowest BCUT2D eigenvalue weighted by Crippen LogP contribution is -2.08. The van der Waals surface area contributed by atoms with Crippen molar-refractivity contribution in [2.45, 2.75) is 58.5 Å². The highest BCUT2D eigenvalue weighted by Crippen LogP contribution is 2.39. The van der Waals surface area contributed by atoms with Gasteiger partial charge in [-0.25, -0.2) is 4.39 Å². The van der Waals surface area contributed by atoms with E-state index in [-0.39, 0.29) is 11.6 Å². The molecule has 0 heterocycles. The van der Waals surface area contributed by atoms with Gasteiger partial charge in [0.2, 0.25) is 0 Å². The molecule has 0 unspecified atom stereocenters. The Kier molecular flexibility index (Phi) is 6.64. The number of unbranched alkanes of at least 4 members (excludes halogenated alkanes) is 3. The minimum atomic E-state index is -2.87. The van der Waals surface area contributed by atoms with Crippen LogP contribution in [0.25, 0.3) is 22.3 Å². The lowest BCUT2D eigenvalue weighted by atomic mass is 9.82. The summed E-state index contributed by atoms with van der Waals surface area (Å²) in [5.74, 6) is -0.161. The van der Waals surface area contributed by atoms with Crippen molar-refractivity contribution < 1.29 is 17.9 Å². The number of rotatable bonds is 8. The van der Waals surface area contributed by atoms with Gasteiger partial charge in [0, 0.05) is 5.56 Å². The van der Waals surface area contributed by atoms with Crippen LogP contribution in [0, 0.1) is 5.82 Å². The Morgan fingerprint density at radius 2 is 1.58 bits per heavy atom. The number of hydrogen-bond acceptors (Lipinski definition) is 1. The molecule has 3 aromatic rings. The van der Waals surface area contributed by atoms with Crippen LogP contribution in [0.2, 0.25) is 0 Å². The molecule has 1 aliphatic carbocycles. The maximum Gasteiger partial charge on any atom is 0.387 e. The standard InChI is InChI=1S/C27H27F3O/c1-2-3-4-5-6-18-7-13-22-20(17-18)10-14-25-24(22)16-15-23(26(25)28)19-8-11-21(12-9-19)31-27(29)30/h7-9,11-13,15-17,27H,2-6,10,14H2,1H3. The number of fused-ring (bicyclic) bond motifs is 3. The van der Waals surface area contributed by atoms with Gasteiger partial charge >= 0.3 is 6.61 Å². The molecule has 0 aromatic heterocycles. The average Bonchev–Trinajstić information content (AvgIpc) is 2.77. The fraction of sp³-hybridized carbons (Fsp3) is 0.333. The Balaban J connectivity index is 1.58. The molecular weight excluding hydrogens is 397 g/mol.